The molecule has 4 nitrogen and oxygen atoms in total. The van der Waals surface area contributed by atoms with Crippen LogP contribution < -0.4 is 0 Å². The molecule has 0 saturated carbocycles. The molecule has 0 spiro atoms. The standard InChI is InChI=1S/C16H14N4/c1-19-10-12(13-6-2-4-8-15(13)19)11-20-16-9-5-3-7-14(16)17-18-20/h2-10H,11H2,1H3. The molecule has 4 heteroatoms. The van der Waals surface area contributed by atoms with E-state index in [9.17, 15) is 0 Å². The lowest BCUT2D eigenvalue weighted by atomic mass is 10.2. The van der Waals surface area contributed by atoms with E-state index in [-0.39, 0.29) is 0 Å². The van der Waals surface area contributed by atoms with E-state index in [1.54, 1.807) is 0 Å². The van der Waals surface area contributed by atoms with Crippen LogP contribution in [0.5, 0.6) is 0 Å². The smallest absolute Gasteiger partial charge is 0.113 e. The summed E-state index contributed by atoms with van der Waals surface area (Å²) in [6, 6.07) is 16.5. The van der Waals surface area contributed by atoms with Crippen LogP contribution in [0.2, 0.25) is 0 Å². The lowest BCUT2D eigenvalue weighted by Crippen LogP contribution is -2.01. The highest BCUT2D eigenvalue weighted by Crippen LogP contribution is 2.22. The number of aryl methyl sites for hydroxylation is 1. The van der Waals surface area contributed by atoms with Crippen LogP contribution in [0, 0.1) is 0 Å². The highest BCUT2D eigenvalue weighted by molar-refractivity contribution is 5.84. The Hall–Kier alpha value is -2.62. The van der Waals surface area contributed by atoms with Crippen molar-refractivity contribution < 1.29 is 0 Å². The van der Waals surface area contributed by atoms with Gasteiger partial charge < -0.3 is 4.57 Å². The topological polar surface area (TPSA) is 35.6 Å². The molecule has 0 amide bonds. The van der Waals surface area contributed by atoms with Crippen molar-refractivity contribution in [2.24, 2.45) is 7.05 Å². The molecule has 0 radical (unpaired) electrons. The number of benzene rings is 2. The zero-order valence-electron chi connectivity index (χ0n) is 11.2. The van der Waals surface area contributed by atoms with E-state index in [1.165, 1.54) is 16.5 Å². The van der Waals surface area contributed by atoms with Crippen molar-refractivity contribution in [3.8, 4) is 0 Å². The number of rotatable bonds is 2. The molecule has 20 heavy (non-hydrogen) atoms. The van der Waals surface area contributed by atoms with E-state index >= 15 is 0 Å². The lowest BCUT2D eigenvalue weighted by molar-refractivity contribution is 0.671. The van der Waals surface area contributed by atoms with Gasteiger partial charge in [-0.25, -0.2) is 4.68 Å². The fourth-order valence-corrected chi connectivity index (χ4v) is 2.75. The van der Waals surface area contributed by atoms with Gasteiger partial charge >= 0.3 is 0 Å². The molecule has 2 aromatic carbocycles. The maximum absolute atomic E-state index is 4.26. The second-order valence-electron chi connectivity index (χ2n) is 5.02. The van der Waals surface area contributed by atoms with Crippen molar-refractivity contribution in [1.29, 1.82) is 0 Å². The first-order valence-corrected chi connectivity index (χ1v) is 6.64. The number of aromatic nitrogens is 4. The molecule has 0 unspecified atom stereocenters. The number of hydrogen-bond acceptors (Lipinski definition) is 2. The van der Waals surface area contributed by atoms with E-state index < -0.39 is 0 Å². The Labute approximate surface area is 116 Å². The summed E-state index contributed by atoms with van der Waals surface area (Å²) in [5, 5.41) is 9.74. The summed E-state index contributed by atoms with van der Waals surface area (Å²) in [5.41, 5.74) is 4.51. The van der Waals surface area contributed by atoms with Crippen molar-refractivity contribution in [3.05, 3.63) is 60.3 Å². The SMILES string of the molecule is Cn1cc(Cn2nnc3ccccc32)c2ccccc21. The Bertz CT molecular complexity index is 901. The third kappa shape index (κ3) is 1.61. The minimum absolute atomic E-state index is 0.738. The van der Waals surface area contributed by atoms with Crippen molar-refractivity contribution in [1.82, 2.24) is 19.6 Å². The van der Waals surface area contributed by atoms with Gasteiger partial charge in [-0.15, -0.1) is 5.10 Å². The Morgan fingerprint density at radius 2 is 1.70 bits per heavy atom. The minimum atomic E-state index is 0.738. The monoisotopic (exact) mass is 262 g/mol. The van der Waals surface area contributed by atoms with Gasteiger partial charge in [0, 0.05) is 24.1 Å². The van der Waals surface area contributed by atoms with Crippen LogP contribution in [0.4, 0.5) is 0 Å². The molecule has 0 aliphatic heterocycles. The largest absolute Gasteiger partial charge is 0.350 e. The van der Waals surface area contributed by atoms with Crippen LogP contribution >= 0.6 is 0 Å². The second kappa shape index (κ2) is 4.20. The molecule has 0 aliphatic rings. The van der Waals surface area contributed by atoms with E-state index in [0.717, 1.165) is 17.6 Å². The van der Waals surface area contributed by atoms with Gasteiger partial charge in [0.15, 0.2) is 0 Å². The van der Waals surface area contributed by atoms with Gasteiger partial charge in [-0.05, 0) is 23.8 Å². The maximum atomic E-state index is 4.26. The minimum Gasteiger partial charge on any atom is -0.350 e. The fourth-order valence-electron chi connectivity index (χ4n) is 2.75. The van der Waals surface area contributed by atoms with Crippen molar-refractivity contribution >= 4 is 21.9 Å². The van der Waals surface area contributed by atoms with Gasteiger partial charge in [-0.1, -0.05) is 35.5 Å². The highest BCUT2D eigenvalue weighted by atomic mass is 15.4. The molecule has 0 bridgehead atoms. The summed E-state index contributed by atoms with van der Waals surface area (Å²) in [6.07, 6.45) is 2.17. The average molecular weight is 262 g/mol. The summed E-state index contributed by atoms with van der Waals surface area (Å²) in [6.45, 7) is 0.738. The van der Waals surface area contributed by atoms with Crippen LogP contribution in [0.15, 0.2) is 54.7 Å². The summed E-state index contributed by atoms with van der Waals surface area (Å²) >= 11 is 0. The fraction of sp³-hybridized carbons (Fsp3) is 0.125. The highest BCUT2D eigenvalue weighted by Gasteiger charge is 2.09. The Kier molecular flexibility index (Phi) is 2.36. The summed E-state index contributed by atoms with van der Waals surface area (Å²) in [5.74, 6) is 0. The van der Waals surface area contributed by atoms with Crippen molar-refractivity contribution in [2.45, 2.75) is 6.54 Å². The van der Waals surface area contributed by atoms with Gasteiger partial charge in [0.2, 0.25) is 0 Å². The molecule has 4 aromatic rings. The first kappa shape index (κ1) is 11.2. The predicted octanol–water partition coefficient (Wildman–Crippen LogP) is 2.97. The van der Waals surface area contributed by atoms with E-state index in [4.69, 9.17) is 0 Å². The summed E-state index contributed by atoms with van der Waals surface area (Å²) in [7, 11) is 2.07. The third-order valence-corrected chi connectivity index (χ3v) is 3.72. The van der Waals surface area contributed by atoms with E-state index in [0.29, 0.717) is 0 Å². The van der Waals surface area contributed by atoms with Gasteiger partial charge in [0.25, 0.3) is 0 Å². The van der Waals surface area contributed by atoms with Gasteiger partial charge in [0.1, 0.15) is 5.52 Å². The number of para-hydroxylation sites is 2. The molecule has 2 heterocycles. The van der Waals surface area contributed by atoms with Crippen molar-refractivity contribution in [2.75, 3.05) is 0 Å². The van der Waals surface area contributed by atoms with Crippen LogP contribution in [-0.2, 0) is 13.6 Å². The van der Waals surface area contributed by atoms with E-state index in [1.807, 2.05) is 22.9 Å². The number of nitrogens with zero attached hydrogens (tertiary/aromatic N) is 4. The first-order valence-electron chi connectivity index (χ1n) is 6.64. The predicted molar refractivity (Wildman–Crippen MR) is 79.5 cm³/mol. The van der Waals surface area contributed by atoms with Crippen LogP contribution in [0.1, 0.15) is 5.56 Å². The molecule has 2 aromatic heterocycles. The Morgan fingerprint density at radius 3 is 2.60 bits per heavy atom. The zero-order chi connectivity index (χ0) is 13.5. The molecule has 98 valence electrons. The average Bonchev–Trinajstić information content (AvgIpc) is 3.03. The molecular weight excluding hydrogens is 248 g/mol. The Balaban J connectivity index is 1.85. The second-order valence-corrected chi connectivity index (χ2v) is 5.02. The molecule has 0 aliphatic carbocycles. The lowest BCUT2D eigenvalue weighted by Gasteiger charge is -2.01. The molecule has 0 N–H and O–H groups in total. The normalized spacial score (nSPS) is 11.4. The Morgan fingerprint density at radius 1 is 0.950 bits per heavy atom. The van der Waals surface area contributed by atoms with Crippen molar-refractivity contribution in [3.63, 3.8) is 0 Å². The van der Waals surface area contributed by atoms with Gasteiger partial charge in [0.05, 0.1) is 12.1 Å². The quantitative estimate of drug-likeness (QED) is 0.556. The van der Waals surface area contributed by atoms with E-state index in [2.05, 4.69) is 58.5 Å². The third-order valence-electron chi connectivity index (χ3n) is 3.72. The van der Waals surface area contributed by atoms with Gasteiger partial charge in [-0.3, -0.25) is 0 Å². The number of fused-ring (bicyclic) bond motifs is 2. The van der Waals surface area contributed by atoms with Crippen LogP contribution in [-0.4, -0.2) is 19.6 Å². The number of hydrogen-bond donors (Lipinski definition) is 0. The zero-order valence-corrected chi connectivity index (χ0v) is 11.2. The molecule has 0 saturated heterocycles. The van der Waals surface area contributed by atoms with Gasteiger partial charge in [-0.2, -0.15) is 0 Å². The molecule has 4 rings (SSSR count). The molecular formula is C16H14N4. The van der Waals surface area contributed by atoms with Crippen LogP contribution in [0.3, 0.4) is 0 Å². The molecule has 0 fully saturated rings. The van der Waals surface area contributed by atoms with Crippen LogP contribution in [0.25, 0.3) is 21.9 Å². The summed E-state index contributed by atoms with van der Waals surface area (Å²) in [4.78, 5) is 0. The first-order chi connectivity index (χ1) is 9.83. The summed E-state index contributed by atoms with van der Waals surface area (Å²) < 4.78 is 4.11. The molecule has 0 atom stereocenters. The maximum Gasteiger partial charge on any atom is 0.113 e.